The van der Waals surface area contributed by atoms with Crippen molar-refractivity contribution >= 4 is 0 Å². The van der Waals surface area contributed by atoms with Gasteiger partial charge in [0.05, 0.1) is 7.11 Å². The number of hydrogen-bond donors (Lipinski definition) is 1. The van der Waals surface area contributed by atoms with Crippen LogP contribution in [0.1, 0.15) is 12.5 Å². The highest BCUT2D eigenvalue weighted by Gasteiger charge is 2.07. The molecule has 0 aliphatic carbocycles. The highest BCUT2D eigenvalue weighted by molar-refractivity contribution is 5.71. The highest BCUT2D eigenvalue weighted by atomic mass is 19.1. The van der Waals surface area contributed by atoms with Gasteiger partial charge >= 0.3 is 0 Å². The molecule has 0 aromatic heterocycles. The van der Waals surface area contributed by atoms with Gasteiger partial charge in [-0.3, -0.25) is 0 Å². The Bertz CT molecular complexity index is 554. The van der Waals surface area contributed by atoms with Crippen molar-refractivity contribution in [2.75, 3.05) is 13.7 Å². The number of ether oxygens (including phenoxy) is 1. The molecular weight excluding hydrogens is 241 g/mol. The van der Waals surface area contributed by atoms with Gasteiger partial charge < -0.3 is 10.1 Å². The van der Waals surface area contributed by atoms with Crippen LogP contribution in [0.5, 0.6) is 5.75 Å². The van der Waals surface area contributed by atoms with Gasteiger partial charge in [0.25, 0.3) is 0 Å². The van der Waals surface area contributed by atoms with Crippen LogP contribution in [0.25, 0.3) is 11.1 Å². The van der Waals surface area contributed by atoms with Gasteiger partial charge in [-0.15, -0.1) is 0 Å². The molecule has 2 nitrogen and oxygen atoms in total. The van der Waals surface area contributed by atoms with E-state index in [1.807, 2.05) is 12.1 Å². The monoisotopic (exact) mass is 259 g/mol. The van der Waals surface area contributed by atoms with E-state index in [9.17, 15) is 4.39 Å². The first-order valence-electron chi connectivity index (χ1n) is 6.38. The number of nitrogens with one attached hydrogen (secondary N) is 1. The van der Waals surface area contributed by atoms with Crippen LogP contribution in [-0.2, 0) is 6.54 Å². The van der Waals surface area contributed by atoms with E-state index in [0.717, 1.165) is 24.2 Å². The second-order valence-corrected chi connectivity index (χ2v) is 4.33. The summed E-state index contributed by atoms with van der Waals surface area (Å²) in [6.07, 6.45) is 0. The van der Waals surface area contributed by atoms with E-state index < -0.39 is 0 Å². The van der Waals surface area contributed by atoms with E-state index in [4.69, 9.17) is 4.74 Å². The molecule has 0 spiro atoms. The summed E-state index contributed by atoms with van der Waals surface area (Å²) in [6, 6.07) is 12.6. The Morgan fingerprint density at radius 2 is 2.00 bits per heavy atom. The van der Waals surface area contributed by atoms with Crippen molar-refractivity contribution in [3.8, 4) is 16.9 Å². The second kappa shape index (κ2) is 6.34. The molecule has 0 bridgehead atoms. The minimum atomic E-state index is -0.257. The average molecular weight is 259 g/mol. The predicted molar refractivity (Wildman–Crippen MR) is 75.8 cm³/mol. The zero-order valence-corrected chi connectivity index (χ0v) is 11.2. The first-order chi connectivity index (χ1) is 9.24. The normalized spacial score (nSPS) is 10.5. The van der Waals surface area contributed by atoms with Crippen LogP contribution in [0.4, 0.5) is 4.39 Å². The Hall–Kier alpha value is -1.87. The molecule has 0 saturated carbocycles. The van der Waals surface area contributed by atoms with Crippen molar-refractivity contribution in [1.29, 1.82) is 0 Å². The largest absolute Gasteiger partial charge is 0.496 e. The molecule has 0 heterocycles. The maximum absolute atomic E-state index is 13.4. The van der Waals surface area contributed by atoms with Gasteiger partial charge in [0.15, 0.2) is 0 Å². The molecule has 0 unspecified atom stereocenters. The van der Waals surface area contributed by atoms with Gasteiger partial charge in [0.2, 0.25) is 0 Å². The van der Waals surface area contributed by atoms with Crippen LogP contribution in [0.3, 0.4) is 0 Å². The maximum atomic E-state index is 13.4. The topological polar surface area (TPSA) is 21.3 Å². The van der Waals surface area contributed by atoms with E-state index in [-0.39, 0.29) is 5.82 Å². The van der Waals surface area contributed by atoms with Crippen LogP contribution in [0.15, 0.2) is 42.5 Å². The minimum absolute atomic E-state index is 0.257. The Balaban J connectivity index is 2.38. The molecule has 2 aromatic rings. The molecule has 0 amide bonds. The summed E-state index contributed by atoms with van der Waals surface area (Å²) in [6.45, 7) is 3.80. The third kappa shape index (κ3) is 3.32. The predicted octanol–water partition coefficient (Wildman–Crippen LogP) is 3.61. The third-order valence-corrected chi connectivity index (χ3v) is 2.98. The lowest BCUT2D eigenvalue weighted by Crippen LogP contribution is -2.11. The van der Waals surface area contributed by atoms with Crippen molar-refractivity contribution in [1.82, 2.24) is 5.32 Å². The summed E-state index contributed by atoms with van der Waals surface area (Å²) in [5.41, 5.74) is 2.92. The zero-order valence-electron chi connectivity index (χ0n) is 11.2. The van der Waals surface area contributed by atoms with Gasteiger partial charge in [-0.25, -0.2) is 4.39 Å². The molecule has 0 radical (unpaired) electrons. The number of halogens is 1. The van der Waals surface area contributed by atoms with Crippen molar-refractivity contribution in [2.45, 2.75) is 13.5 Å². The molecule has 0 fully saturated rings. The van der Waals surface area contributed by atoms with Gasteiger partial charge in [0.1, 0.15) is 11.6 Å². The fraction of sp³-hybridized carbons (Fsp3) is 0.250. The van der Waals surface area contributed by atoms with Crippen LogP contribution < -0.4 is 10.1 Å². The van der Waals surface area contributed by atoms with Crippen molar-refractivity contribution < 1.29 is 9.13 Å². The lowest BCUT2D eigenvalue weighted by atomic mass is 10.0. The summed E-state index contributed by atoms with van der Waals surface area (Å²) in [7, 11) is 1.60. The lowest BCUT2D eigenvalue weighted by molar-refractivity contribution is 0.415. The van der Waals surface area contributed by atoms with Crippen LogP contribution >= 0.6 is 0 Å². The van der Waals surface area contributed by atoms with E-state index in [0.29, 0.717) is 5.75 Å². The highest BCUT2D eigenvalue weighted by Crippen LogP contribution is 2.31. The molecule has 2 rings (SSSR count). The standard InChI is InChI=1S/C16H18FNO/c1-3-18-11-12-5-4-6-13(9-12)15-10-14(17)7-8-16(15)19-2/h4-10,18H,3,11H2,1-2H3. The fourth-order valence-corrected chi connectivity index (χ4v) is 2.02. The average Bonchev–Trinajstić information content (AvgIpc) is 2.45. The second-order valence-electron chi connectivity index (χ2n) is 4.33. The fourth-order valence-electron chi connectivity index (χ4n) is 2.02. The molecule has 0 saturated heterocycles. The van der Waals surface area contributed by atoms with Crippen LogP contribution in [-0.4, -0.2) is 13.7 Å². The maximum Gasteiger partial charge on any atom is 0.126 e. The van der Waals surface area contributed by atoms with Crippen LogP contribution in [0.2, 0.25) is 0 Å². The molecule has 0 aliphatic heterocycles. The summed E-state index contributed by atoms with van der Waals surface area (Å²) in [5, 5.41) is 3.28. The van der Waals surface area contributed by atoms with E-state index in [2.05, 4.69) is 24.4 Å². The quantitative estimate of drug-likeness (QED) is 0.885. The Morgan fingerprint density at radius 1 is 1.16 bits per heavy atom. The molecule has 19 heavy (non-hydrogen) atoms. The van der Waals surface area contributed by atoms with Crippen molar-refractivity contribution in [2.24, 2.45) is 0 Å². The van der Waals surface area contributed by atoms with E-state index >= 15 is 0 Å². The smallest absolute Gasteiger partial charge is 0.126 e. The van der Waals surface area contributed by atoms with Gasteiger partial charge in [0, 0.05) is 12.1 Å². The van der Waals surface area contributed by atoms with Gasteiger partial charge in [-0.05, 0) is 41.9 Å². The lowest BCUT2D eigenvalue weighted by Gasteiger charge is -2.10. The zero-order chi connectivity index (χ0) is 13.7. The number of hydrogen-bond acceptors (Lipinski definition) is 2. The molecule has 3 heteroatoms. The Kier molecular flexibility index (Phi) is 4.53. The van der Waals surface area contributed by atoms with Gasteiger partial charge in [-0.2, -0.15) is 0 Å². The summed E-state index contributed by atoms with van der Waals surface area (Å²) < 4.78 is 18.7. The molecule has 100 valence electrons. The Morgan fingerprint density at radius 3 is 2.74 bits per heavy atom. The first kappa shape index (κ1) is 13.6. The van der Waals surface area contributed by atoms with E-state index in [1.165, 1.54) is 17.7 Å². The number of methoxy groups -OCH3 is 1. The summed E-state index contributed by atoms with van der Waals surface area (Å²) in [5.74, 6) is 0.426. The molecule has 2 aromatic carbocycles. The van der Waals surface area contributed by atoms with Crippen molar-refractivity contribution in [3.63, 3.8) is 0 Å². The first-order valence-corrected chi connectivity index (χ1v) is 6.38. The SMILES string of the molecule is CCNCc1cccc(-c2cc(F)ccc2OC)c1. The molecule has 1 N–H and O–H groups in total. The van der Waals surface area contributed by atoms with Crippen molar-refractivity contribution in [3.05, 3.63) is 53.8 Å². The number of rotatable bonds is 5. The minimum Gasteiger partial charge on any atom is -0.496 e. The van der Waals surface area contributed by atoms with Crippen LogP contribution in [0, 0.1) is 5.82 Å². The summed E-state index contributed by atoms with van der Waals surface area (Å²) in [4.78, 5) is 0. The van der Waals surface area contributed by atoms with E-state index in [1.54, 1.807) is 13.2 Å². The number of benzene rings is 2. The Labute approximate surface area is 113 Å². The van der Waals surface area contributed by atoms with Gasteiger partial charge in [-0.1, -0.05) is 25.1 Å². The molecular formula is C16H18FNO. The molecule has 0 atom stereocenters. The third-order valence-electron chi connectivity index (χ3n) is 2.98. The molecule has 0 aliphatic rings. The summed E-state index contributed by atoms with van der Waals surface area (Å²) >= 11 is 0.